The van der Waals surface area contributed by atoms with Crippen molar-refractivity contribution in [2.75, 3.05) is 5.32 Å². The molecule has 0 unspecified atom stereocenters. The summed E-state index contributed by atoms with van der Waals surface area (Å²) in [5.41, 5.74) is 15.1. The second-order valence-corrected chi connectivity index (χ2v) is 14.1. The zero-order chi connectivity index (χ0) is 34.6. The topological polar surface area (TPSA) is 43.2 Å². The van der Waals surface area contributed by atoms with Crippen molar-refractivity contribution in [3.05, 3.63) is 164 Å². The number of rotatable bonds is 4. The van der Waals surface area contributed by atoms with Crippen LogP contribution in [0.4, 0.5) is 11.4 Å². The molecule has 246 valence electrons. The van der Waals surface area contributed by atoms with Crippen LogP contribution in [0.1, 0.15) is 0 Å². The number of para-hydroxylation sites is 3. The molecule has 0 atom stereocenters. The third kappa shape index (κ3) is 4.07. The average Bonchev–Trinajstić information content (AvgIpc) is 3.88. The third-order valence-electron chi connectivity index (χ3n) is 11.2. The summed E-state index contributed by atoms with van der Waals surface area (Å²) < 4.78 is 15.8. The molecule has 5 heteroatoms. The molecule has 53 heavy (non-hydrogen) atoms. The molecule has 3 aromatic heterocycles. The Balaban J connectivity index is 1.17. The highest BCUT2D eigenvalue weighted by Gasteiger charge is 2.31. The number of fused-ring (bicyclic) bond motifs is 11. The van der Waals surface area contributed by atoms with E-state index in [1.165, 1.54) is 43.9 Å². The first-order chi connectivity index (χ1) is 26.3. The highest BCUT2D eigenvalue weighted by molar-refractivity contribution is 6.74. The Morgan fingerprint density at radius 3 is 2.02 bits per heavy atom. The summed E-state index contributed by atoms with van der Waals surface area (Å²) in [6.07, 6.45) is 0. The SMILES string of the molecule is B1c2c(cc3oc4ccccc4c3c2-c2ccc3ccccc3c2Nc2ccc(-c3ccccc3)cc2)-n2c3oc4ccccc4c3c3cccc1c32. The van der Waals surface area contributed by atoms with Gasteiger partial charge in [0.1, 0.15) is 16.7 Å². The Hall–Kier alpha value is -6.98. The first kappa shape index (κ1) is 28.7. The number of anilines is 2. The smallest absolute Gasteiger partial charge is 0.213 e. The molecule has 0 aliphatic carbocycles. The molecule has 12 rings (SSSR count). The average molecular weight is 677 g/mol. The van der Waals surface area contributed by atoms with Crippen molar-refractivity contribution in [1.82, 2.24) is 4.57 Å². The largest absolute Gasteiger partial charge is 0.456 e. The Morgan fingerprint density at radius 2 is 1.19 bits per heavy atom. The maximum atomic E-state index is 6.75. The number of nitrogens with zero attached hydrogens (tertiary/aromatic N) is 1. The normalized spacial score (nSPS) is 12.3. The fourth-order valence-electron chi connectivity index (χ4n) is 8.90. The third-order valence-corrected chi connectivity index (χ3v) is 11.2. The summed E-state index contributed by atoms with van der Waals surface area (Å²) in [6, 6.07) is 58.2. The van der Waals surface area contributed by atoms with Crippen molar-refractivity contribution < 1.29 is 8.83 Å². The molecule has 0 spiro atoms. The first-order valence-electron chi connectivity index (χ1n) is 18.1. The maximum absolute atomic E-state index is 6.75. The van der Waals surface area contributed by atoms with Crippen molar-refractivity contribution in [2.24, 2.45) is 0 Å². The molecule has 0 bridgehead atoms. The van der Waals surface area contributed by atoms with Gasteiger partial charge in [-0.3, -0.25) is 4.57 Å². The molecule has 0 saturated carbocycles. The van der Waals surface area contributed by atoms with Gasteiger partial charge in [-0.25, -0.2) is 0 Å². The summed E-state index contributed by atoms with van der Waals surface area (Å²) in [7, 11) is 0.778. The minimum Gasteiger partial charge on any atom is -0.456 e. The van der Waals surface area contributed by atoms with E-state index in [-0.39, 0.29) is 0 Å². The molecule has 8 aromatic carbocycles. The van der Waals surface area contributed by atoms with Crippen LogP contribution in [0.3, 0.4) is 0 Å². The molecule has 1 N–H and O–H groups in total. The maximum Gasteiger partial charge on any atom is 0.213 e. The molecular formula is C48H29BN2O2. The standard InChI is InChI=1S/C48H29BN2O2/c1-2-11-28(12-3-1)29-21-24-31(25-22-29)50-46-32-14-5-4-13-30(32)23-26-35(46)44-43-34-16-7-8-19-39(34)52-41(43)27-38-45(44)49-37-18-10-17-36-42-33-15-6-9-20-40(33)53-48(42)51(38)47(36)37/h1-27,49-50H. The highest BCUT2D eigenvalue weighted by Crippen LogP contribution is 2.46. The Bertz CT molecular complexity index is 3280. The predicted molar refractivity (Wildman–Crippen MR) is 222 cm³/mol. The van der Waals surface area contributed by atoms with E-state index < -0.39 is 0 Å². The van der Waals surface area contributed by atoms with Crippen LogP contribution in [-0.4, -0.2) is 11.8 Å². The minimum atomic E-state index is 0.778. The van der Waals surface area contributed by atoms with E-state index in [0.717, 1.165) is 79.3 Å². The van der Waals surface area contributed by atoms with Gasteiger partial charge >= 0.3 is 0 Å². The van der Waals surface area contributed by atoms with Crippen LogP contribution < -0.4 is 16.2 Å². The van der Waals surface area contributed by atoms with Gasteiger partial charge in [-0.2, -0.15) is 0 Å². The molecule has 0 saturated heterocycles. The number of hydrogen-bond acceptors (Lipinski definition) is 3. The highest BCUT2D eigenvalue weighted by atomic mass is 16.3. The summed E-state index contributed by atoms with van der Waals surface area (Å²) >= 11 is 0. The summed E-state index contributed by atoms with van der Waals surface area (Å²) in [5.74, 6) is 0. The molecule has 11 aromatic rings. The fourth-order valence-corrected chi connectivity index (χ4v) is 8.90. The molecule has 4 nitrogen and oxygen atoms in total. The number of aromatic nitrogens is 1. The van der Waals surface area contributed by atoms with Gasteiger partial charge in [-0.15, -0.1) is 0 Å². The van der Waals surface area contributed by atoms with Crippen molar-refractivity contribution >= 4 is 95.3 Å². The monoisotopic (exact) mass is 676 g/mol. The van der Waals surface area contributed by atoms with Gasteiger partial charge in [0.2, 0.25) is 5.71 Å². The van der Waals surface area contributed by atoms with Crippen LogP contribution in [0.2, 0.25) is 0 Å². The molecule has 1 aliphatic rings. The van der Waals surface area contributed by atoms with Gasteiger partial charge < -0.3 is 14.2 Å². The van der Waals surface area contributed by atoms with Gasteiger partial charge in [0.15, 0.2) is 7.28 Å². The van der Waals surface area contributed by atoms with E-state index in [2.05, 4.69) is 168 Å². The van der Waals surface area contributed by atoms with E-state index in [4.69, 9.17) is 8.83 Å². The summed E-state index contributed by atoms with van der Waals surface area (Å²) in [5, 5.41) is 12.0. The second kappa shape index (κ2) is 10.8. The van der Waals surface area contributed by atoms with Crippen LogP contribution in [0.25, 0.3) is 93.6 Å². The van der Waals surface area contributed by atoms with Gasteiger partial charge in [0.25, 0.3) is 0 Å². The van der Waals surface area contributed by atoms with Crippen LogP contribution in [0.15, 0.2) is 173 Å². The van der Waals surface area contributed by atoms with Gasteiger partial charge in [0.05, 0.1) is 16.6 Å². The van der Waals surface area contributed by atoms with Crippen LogP contribution in [0.5, 0.6) is 0 Å². The Kier molecular flexibility index (Phi) is 5.83. The van der Waals surface area contributed by atoms with E-state index in [9.17, 15) is 0 Å². The number of furan rings is 2. The summed E-state index contributed by atoms with van der Waals surface area (Å²) in [6.45, 7) is 0. The zero-order valence-electron chi connectivity index (χ0n) is 28.6. The molecule has 0 radical (unpaired) electrons. The molecule has 1 aliphatic heterocycles. The van der Waals surface area contributed by atoms with Crippen LogP contribution >= 0.6 is 0 Å². The van der Waals surface area contributed by atoms with Gasteiger partial charge in [-0.05, 0) is 51.8 Å². The Morgan fingerprint density at radius 1 is 0.509 bits per heavy atom. The van der Waals surface area contributed by atoms with Gasteiger partial charge in [0, 0.05) is 49.9 Å². The minimum absolute atomic E-state index is 0.778. The van der Waals surface area contributed by atoms with Crippen LogP contribution in [0, 0.1) is 0 Å². The predicted octanol–water partition coefficient (Wildman–Crippen LogP) is 11.4. The van der Waals surface area contributed by atoms with Crippen molar-refractivity contribution in [1.29, 1.82) is 0 Å². The van der Waals surface area contributed by atoms with Gasteiger partial charge in [-0.1, -0.05) is 139 Å². The van der Waals surface area contributed by atoms with E-state index in [1.807, 2.05) is 6.07 Å². The fraction of sp³-hybridized carbons (Fsp3) is 0. The van der Waals surface area contributed by atoms with Crippen molar-refractivity contribution in [2.45, 2.75) is 0 Å². The number of benzene rings is 8. The quantitative estimate of drug-likeness (QED) is 0.189. The van der Waals surface area contributed by atoms with Crippen molar-refractivity contribution in [3.63, 3.8) is 0 Å². The summed E-state index contributed by atoms with van der Waals surface area (Å²) in [4.78, 5) is 0. The second-order valence-electron chi connectivity index (χ2n) is 14.1. The van der Waals surface area contributed by atoms with Crippen molar-refractivity contribution in [3.8, 4) is 27.9 Å². The van der Waals surface area contributed by atoms with E-state index in [0.29, 0.717) is 0 Å². The van der Waals surface area contributed by atoms with E-state index >= 15 is 0 Å². The van der Waals surface area contributed by atoms with E-state index in [1.54, 1.807) is 0 Å². The Labute approximate surface area is 304 Å². The number of nitrogens with one attached hydrogen (secondary N) is 1. The lowest BCUT2D eigenvalue weighted by molar-refractivity contribution is 0.645. The molecule has 0 amide bonds. The van der Waals surface area contributed by atoms with Crippen LogP contribution in [-0.2, 0) is 0 Å². The first-order valence-corrected chi connectivity index (χ1v) is 18.1. The molecule has 0 fully saturated rings. The lowest BCUT2D eigenvalue weighted by atomic mass is 9.58. The molecular weight excluding hydrogens is 647 g/mol. The number of hydrogen-bond donors (Lipinski definition) is 1. The molecule has 4 heterocycles. The zero-order valence-corrected chi connectivity index (χ0v) is 28.6. The lowest BCUT2D eigenvalue weighted by Crippen LogP contribution is -2.37. The lowest BCUT2D eigenvalue weighted by Gasteiger charge is -2.25.